The molecule has 0 fully saturated rings. The lowest BCUT2D eigenvalue weighted by Gasteiger charge is -2.36. The molecule has 186 valence electrons. The first-order chi connectivity index (χ1) is 16.7. The van der Waals surface area contributed by atoms with E-state index in [1.54, 1.807) is 18.0 Å². The molecule has 0 atom stereocenters. The molecular formula is C27H32N2O5S. The third-order valence-electron chi connectivity index (χ3n) is 6.68. The zero-order valence-corrected chi connectivity index (χ0v) is 22.0. The van der Waals surface area contributed by atoms with Crippen LogP contribution in [0.5, 0.6) is 17.4 Å². The van der Waals surface area contributed by atoms with Crippen LogP contribution in [0.25, 0.3) is 0 Å². The van der Waals surface area contributed by atoms with Crippen LogP contribution in [0.2, 0.25) is 0 Å². The molecule has 35 heavy (non-hydrogen) atoms. The van der Waals surface area contributed by atoms with Gasteiger partial charge in [-0.05, 0) is 98.0 Å². The number of carbonyl (C=O) groups excluding carboxylic acids is 1. The van der Waals surface area contributed by atoms with Crippen LogP contribution in [-0.2, 0) is 30.0 Å². The van der Waals surface area contributed by atoms with Crippen LogP contribution in [0.15, 0.2) is 36.5 Å². The van der Waals surface area contributed by atoms with Gasteiger partial charge in [0.05, 0.1) is 13.3 Å². The Labute approximate surface area is 210 Å². The number of carbonyl (C=O) groups is 1. The lowest BCUT2D eigenvalue weighted by Crippen LogP contribution is -2.27. The van der Waals surface area contributed by atoms with Gasteiger partial charge >= 0.3 is 11.6 Å². The highest BCUT2D eigenvalue weighted by Crippen LogP contribution is 2.42. The summed E-state index contributed by atoms with van der Waals surface area (Å²) in [5, 5.41) is 4.43. The highest BCUT2D eigenvalue weighted by molar-refractivity contribution is 7.51. The van der Waals surface area contributed by atoms with E-state index >= 15 is 0 Å². The SMILES string of the molecule is CCn1ncc(C(=O)c2cc(C)c3c(c2C)C(C)(C)CCC3)c1Oc1ccc(OC)cc1.O=S=O. The number of hydrogen-bond donors (Lipinski definition) is 0. The second-order valence-electron chi connectivity index (χ2n) is 9.31. The molecule has 0 N–H and O–H groups in total. The molecule has 7 nitrogen and oxygen atoms in total. The van der Waals surface area contributed by atoms with Gasteiger partial charge in [-0.1, -0.05) is 13.8 Å². The number of nitrogens with zero attached hydrogens (tertiary/aromatic N) is 2. The topological polar surface area (TPSA) is 87.5 Å². The summed E-state index contributed by atoms with van der Waals surface area (Å²) in [7, 11) is 1.63. The zero-order valence-electron chi connectivity index (χ0n) is 21.1. The lowest BCUT2D eigenvalue weighted by molar-refractivity contribution is 0.103. The van der Waals surface area contributed by atoms with E-state index in [1.807, 2.05) is 31.2 Å². The number of rotatable bonds is 6. The van der Waals surface area contributed by atoms with Crippen molar-refractivity contribution in [3.8, 4) is 17.4 Å². The summed E-state index contributed by atoms with van der Waals surface area (Å²) in [5.41, 5.74) is 6.32. The van der Waals surface area contributed by atoms with Crippen molar-refractivity contribution in [3.63, 3.8) is 0 Å². The number of fused-ring (bicyclic) bond motifs is 1. The van der Waals surface area contributed by atoms with Crippen molar-refractivity contribution < 1.29 is 22.7 Å². The first-order valence-corrected chi connectivity index (χ1v) is 12.3. The van der Waals surface area contributed by atoms with Gasteiger partial charge in [0.25, 0.3) is 0 Å². The second-order valence-corrected chi connectivity index (χ2v) is 9.45. The van der Waals surface area contributed by atoms with Gasteiger partial charge in [0.15, 0.2) is 5.78 Å². The average molecular weight is 497 g/mol. The third kappa shape index (κ3) is 5.37. The summed E-state index contributed by atoms with van der Waals surface area (Å²) < 4.78 is 29.7. The maximum absolute atomic E-state index is 13.8. The monoisotopic (exact) mass is 496 g/mol. The van der Waals surface area contributed by atoms with Gasteiger partial charge in [0.1, 0.15) is 17.1 Å². The van der Waals surface area contributed by atoms with Crippen molar-refractivity contribution in [2.75, 3.05) is 7.11 Å². The molecule has 0 spiro atoms. The van der Waals surface area contributed by atoms with E-state index < -0.39 is 11.6 Å². The van der Waals surface area contributed by atoms with E-state index in [2.05, 4.69) is 38.9 Å². The number of aryl methyl sites for hydroxylation is 2. The Balaban J connectivity index is 0.00000108. The van der Waals surface area contributed by atoms with E-state index in [9.17, 15) is 4.79 Å². The van der Waals surface area contributed by atoms with Gasteiger partial charge in [-0.15, -0.1) is 0 Å². The van der Waals surface area contributed by atoms with E-state index in [4.69, 9.17) is 17.9 Å². The van der Waals surface area contributed by atoms with Crippen molar-refractivity contribution in [1.82, 2.24) is 9.78 Å². The molecule has 0 radical (unpaired) electrons. The Hall–Kier alpha value is -3.26. The van der Waals surface area contributed by atoms with E-state index in [0.29, 0.717) is 23.7 Å². The molecule has 0 aliphatic heterocycles. The van der Waals surface area contributed by atoms with Crippen LogP contribution in [0.4, 0.5) is 0 Å². The van der Waals surface area contributed by atoms with Crippen LogP contribution in [0.3, 0.4) is 0 Å². The predicted octanol–water partition coefficient (Wildman–Crippen LogP) is 5.50. The molecule has 0 bridgehead atoms. The van der Waals surface area contributed by atoms with Gasteiger partial charge in [0, 0.05) is 12.1 Å². The average Bonchev–Trinajstić information content (AvgIpc) is 3.23. The number of benzene rings is 2. The van der Waals surface area contributed by atoms with Crippen molar-refractivity contribution >= 4 is 17.4 Å². The summed E-state index contributed by atoms with van der Waals surface area (Å²) >= 11 is -0.750. The summed E-state index contributed by atoms with van der Waals surface area (Å²) in [4.78, 5) is 13.8. The molecule has 1 heterocycles. The molecule has 2 aromatic carbocycles. The van der Waals surface area contributed by atoms with E-state index in [-0.39, 0.29) is 11.2 Å². The highest BCUT2D eigenvalue weighted by atomic mass is 32.1. The quantitative estimate of drug-likeness (QED) is 0.419. The van der Waals surface area contributed by atoms with Gasteiger partial charge in [0.2, 0.25) is 5.88 Å². The molecule has 0 saturated carbocycles. The molecule has 0 unspecified atom stereocenters. The minimum absolute atomic E-state index is 0.0435. The molecule has 1 aliphatic rings. The molecule has 1 aromatic heterocycles. The summed E-state index contributed by atoms with van der Waals surface area (Å²) in [5.74, 6) is 1.81. The third-order valence-corrected chi connectivity index (χ3v) is 6.68. The minimum atomic E-state index is -0.750. The predicted molar refractivity (Wildman–Crippen MR) is 135 cm³/mol. The Kier molecular flexibility index (Phi) is 8.27. The second kappa shape index (κ2) is 11.0. The van der Waals surface area contributed by atoms with Crippen LogP contribution < -0.4 is 9.47 Å². The first kappa shape index (κ1) is 26.3. The van der Waals surface area contributed by atoms with Crippen LogP contribution in [-0.4, -0.2) is 31.1 Å². The molecule has 1 aliphatic carbocycles. The standard InChI is InChI=1S/C27H32N2O3.O2S/c1-7-29-26(32-20-12-10-19(31-6)11-13-20)23(16-28-29)25(30)22-15-17(2)21-9-8-14-27(4,5)24(21)18(22)3;1-3-2/h10-13,15-16H,7-9,14H2,1-6H3;. The number of ketones is 1. The van der Waals surface area contributed by atoms with Crippen molar-refractivity contribution in [2.24, 2.45) is 0 Å². The molecule has 3 aromatic rings. The Morgan fingerprint density at radius 1 is 1.11 bits per heavy atom. The summed E-state index contributed by atoms with van der Waals surface area (Å²) in [6.45, 7) is 11.4. The minimum Gasteiger partial charge on any atom is -0.497 e. The van der Waals surface area contributed by atoms with E-state index in [0.717, 1.165) is 29.7 Å². The Bertz CT molecular complexity index is 1260. The fourth-order valence-electron chi connectivity index (χ4n) is 5.04. The maximum atomic E-state index is 13.8. The van der Waals surface area contributed by atoms with Gasteiger partial charge in [-0.25, -0.2) is 4.68 Å². The van der Waals surface area contributed by atoms with Crippen LogP contribution in [0, 0.1) is 13.8 Å². The first-order valence-electron chi connectivity index (χ1n) is 11.7. The lowest BCUT2D eigenvalue weighted by atomic mass is 9.68. The fraction of sp³-hybridized carbons (Fsp3) is 0.407. The van der Waals surface area contributed by atoms with Gasteiger partial charge < -0.3 is 9.47 Å². The van der Waals surface area contributed by atoms with Gasteiger partial charge in [-0.2, -0.15) is 13.5 Å². The largest absolute Gasteiger partial charge is 0.497 e. The number of hydrogen-bond acceptors (Lipinski definition) is 6. The number of aromatic nitrogens is 2. The molecule has 4 rings (SSSR count). The Morgan fingerprint density at radius 3 is 2.34 bits per heavy atom. The van der Waals surface area contributed by atoms with Gasteiger partial charge in [-0.3, -0.25) is 4.79 Å². The zero-order chi connectivity index (χ0) is 25.8. The van der Waals surface area contributed by atoms with Crippen LogP contribution in [0.1, 0.15) is 71.8 Å². The number of ether oxygens (including phenoxy) is 2. The molecule has 8 heteroatoms. The maximum Gasteiger partial charge on any atom is 0.335 e. The Morgan fingerprint density at radius 2 is 1.74 bits per heavy atom. The molecule has 0 amide bonds. The van der Waals surface area contributed by atoms with Crippen molar-refractivity contribution in [2.45, 2.75) is 65.8 Å². The molecule has 0 saturated heterocycles. The summed E-state index contributed by atoms with van der Waals surface area (Å²) in [6, 6.07) is 9.39. The molecular weight excluding hydrogens is 464 g/mol. The fourth-order valence-corrected chi connectivity index (χ4v) is 5.04. The van der Waals surface area contributed by atoms with Crippen LogP contribution >= 0.6 is 0 Å². The van der Waals surface area contributed by atoms with Crippen molar-refractivity contribution in [1.29, 1.82) is 0 Å². The van der Waals surface area contributed by atoms with Crippen molar-refractivity contribution in [3.05, 3.63) is 69.9 Å². The smallest absolute Gasteiger partial charge is 0.335 e. The normalized spacial score (nSPS) is 13.8. The number of methoxy groups -OCH3 is 1. The van der Waals surface area contributed by atoms with E-state index in [1.165, 1.54) is 23.1 Å². The highest BCUT2D eigenvalue weighted by Gasteiger charge is 2.33. The summed E-state index contributed by atoms with van der Waals surface area (Å²) in [6.07, 6.45) is 5.04.